The van der Waals surface area contributed by atoms with Crippen LogP contribution in [-0.4, -0.2) is 29.5 Å². The van der Waals surface area contributed by atoms with Crippen molar-refractivity contribution in [1.29, 1.82) is 0 Å². The number of alkyl halides is 2. The first-order chi connectivity index (χ1) is 8.81. The predicted octanol–water partition coefficient (Wildman–Crippen LogP) is 1.97. The van der Waals surface area contributed by atoms with Crippen molar-refractivity contribution in [3.63, 3.8) is 0 Å². The number of hydrogen-bond donors (Lipinski definition) is 2. The molecular formula is C12H12F3NO3. The average molecular weight is 275 g/mol. The molecule has 0 spiro atoms. The first kappa shape index (κ1) is 15.0. The normalized spacial score (nSPS) is 12.3. The van der Waals surface area contributed by atoms with Crippen LogP contribution in [0.1, 0.15) is 22.3 Å². The molecule has 0 saturated carbocycles. The van der Waals surface area contributed by atoms with Gasteiger partial charge in [0.2, 0.25) is 6.43 Å². The molecule has 0 aromatic heterocycles. The Morgan fingerprint density at radius 3 is 2.47 bits per heavy atom. The highest BCUT2D eigenvalue weighted by atomic mass is 19.3. The monoisotopic (exact) mass is 275 g/mol. The molecule has 0 aliphatic rings. The van der Waals surface area contributed by atoms with Gasteiger partial charge >= 0.3 is 5.97 Å². The number of aryl methyl sites for hydroxylation is 1. The van der Waals surface area contributed by atoms with Crippen molar-refractivity contribution in [2.24, 2.45) is 0 Å². The SMILES string of the molecule is Cc1cc(C(=O)NC(CC(F)F)C(=O)O)ccc1F. The molecule has 2 N–H and O–H groups in total. The molecule has 1 aromatic carbocycles. The van der Waals surface area contributed by atoms with Gasteiger partial charge in [-0.3, -0.25) is 4.79 Å². The van der Waals surface area contributed by atoms with Crippen LogP contribution in [0.5, 0.6) is 0 Å². The van der Waals surface area contributed by atoms with Crippen LogP contribution in [0.25, 0.3) is 0 Å². The van der Waals surface area contributed by atoms with Crippen molar-refractivity contribution in [1.82, 2.24) is 5.32 Å². The van der Waals surface area contributed by atoms with Gasteiger partial charge in [-0.2, -0.15) is 0 Å². The molecule has 1 amide bonds. The van der Waals surface area contributed by atoms with Crippen LogP contribution >= 0.6 is 0 Å². The maximum Gasteiger partial charge on any atom is 0.326 e. The van der Waals surface area contributed by atoms with Crippen molar-refractivity contribution in [3.8, 4) is 0 Å². The van der Waals surface area contributed by atoms with Crippen LogP contribution in [0.4, 0.5) is 13.2 Å². The first-order valence-corrected chi connectivity index (χ1v) is 5.39. The zero-order valence-electron chi connectivity index (χ0n) is 9.99. The lowest BCUT2D eigenvalue weighted by Gasteiger charge is -2.14. The third-order valence-corrected chi connectivity index (χ3v) is 2.44. The summed E-state index contributed by atoms with van der Waals surface area (Å²) in [6.07, 6.45) is -3.84. The zero-order valence-corrected chi connectivity index (χ0v) is 9.99. The number of amides is 1. The number of nitrogens with one attached hydrogen (secondary N) is 1. The minimum Gasteiger partial charge on any atom is -0.480 e. The van der Waals surface area contributed by atoms with Gasteiger partial charge in [-0.25, -0.2) is 18.0 Å². The molecule has 0 heterocycles. The van der Waals surface area contributed by atoms with E-state index >= 15 is 0 Å². The van der Waals surface area contributed by atoms with Crippen molar-refractivity contribution in [3.05, 3.63) is 35.1 Å². The number of halogens is 3. The number of carbonyl (C=O) groups excluding carboxylic acids is 1. The molecule has 1 rings (SSSR count). The van der Waals surface area contributed by atoms with Gasteiger partial charge in [0.05, 0.1) is 0 Å². The molecule has 7 heteroatoms. The molecule has 4 nitrogen and oxygen atoms in total. The van der Waals surface area contributed by atoms with Crippen LogP contribution in [-0.2, 0) is 4.79 Å². The van der Waals surface area contributed by atoms with Gasteiger partial charge in [-0.15, -0.1) is 0 Å². The van der Waals surface area contributed by atoms with E-state index in [4.69, 9.17) is 5.11 Å². The number of hydrogen-bond acceptors (Lipinski definition) is 2. The summed E-state index contributed by atoms with van der Waals surface area (Å²) in [5.74, 6) is -2.90. The Balaban J connectivity index is 2.81. The largest absolute Gasteiger partial charge is 0.480 e. The van der Waals surface area contributed by atoms with Crippen LogP contribution < -0.4 is 5.32 Å². The van der Waals surface area contributed by atoms with Crippen molar-refractivity contribution >= 4 is 11.9 Å². The Labute approximate surface area is 107 Å². The lowest BCUT2D eigenvalue weighted by molar-refractivity contribution is -0.140. The van der Waals surface area contributed by atoms with E-state index < -0.39 is 36.6 Å². The summed E-state index contributed by atoms with van der Waals surface area (Å²) in [4.78, 5) is 22.4. The van der Waals surface area contributed by atoms with Gasteiger partial charge in [-0.05, 0) is 30.7 Å². The zero-order chi connectivity index (χ0) is 14.6. The minimum absolute atomic E-state index is 0.0133. The number of aliphatic carboxylic acids is 1. The Bertz CT molecular complexity index is 491. The molecule has 0 fully saturated rings. The summed E-state index contributed by atoms with van der Waals surface area (Å²) in [6.45, 7) is 1.43. The van der Waals surface area contributed by atoms with Crippen molar-refractivity contribution < 1.29 is 27.9 Å². The summed E-state index contributed by atoms with van der Waals surface area (Å²) in [5, 5.41) is 10.7. The highest BCUT2D eigenvalue weighted by Crippen LogP contribution is 2.10. The predicted molar refractivity (Wildman–Crippen MR) is 60.6 cm³/mol. The van der Waals surface area contributed by atoms with E-state index in [0.29, 0.717) is 0 Å². The highest BCUT2D eigenvalue weighted by molar-refractivity contribution is 5.96. The molecule has 1 unspecified atom stereocenters. The topological polar surface area (TPSA) is 66.4 Å². The summed E-state index contributed by atoms with van der Waals surface area (Å²) in [7, 11) is 0. The fourth-order valence-corrected chi connectivity index (χ4v) is 1.43. The fourth-order valence-electron chi connectivity index (χ4n) is 1.43. The van der Waals surface area contributed by atoms with Crippen molar-refractivity contribution in [2.75, 3.05) is 0 Å². The molecular weight excluding hydrogens is 263 g/mol. The van der Waals surface area contributed by atoms with Crippen LogP contribution in [0.3, 0.4) is 0 Å². The van der Waals surface area contributed by atoms with E-state index in [1.165, 1.54) is 13.0 Å². The van der Waals surface area contributed by atoms with Gasteiger partial charge < -0.3 is 10.4 Å². The quantitative estimate of drug-likeness (QED) is 0.863. The number of carboxylic acid groups (broad SMARTS) is 1. The fraction of sp³-hybridized carbons (Fsp3) is 0.333. The third-order valence-electron chi connectivity index (χ3n) is 2.44. The summed E-state index contributed by atoms with van der Waals surface area (Å²) in [5.41, 5.74) is 0.216. The maximum absolute atomic E-state index is 13.0. The van der Waals surface area contributed by atoms with E-state index in [2.05, 4.69) is 0 Å². The van der Waals surface area contributed by atoms with Crippen LogP contribution in [0.15, 0.2) is 18.2 Å². The maximum atomic E-state index is 13.0. The van der Waals surface area contributed by atoms with Crippen LogP contribution in [0.2, 0.25) is 0 Å². The average Bonchev–Trinajstić information content (AvgIpc) is 2.31. The standard InChI is InChI=1S/C12H12F3NO3/c1-6-4-7(2-3-8(6)13)11(17)16-9(12(18)19)5-10(14)15/h2-4,9-10H,5H2,1H3,(H,16,17)(H,18,19). The Kier molecular flexibility index (Phi) is 4.91. The minimum atomic E-state index is -2.85. The number of rotatable bonds is 5. The van der Waals surface area contributed by atoms with E-state index in [-0.39, 0.29) is 11.1 Å². The van der Waals surface area contributed by atoms with Gasteiger partial charge in [0.15, 0.2) is 0 Å². The molecule has 0 saturated heterocycles. The Morgan fingerprint density at radius 1 is 1.37 bits per heavy atom. The van der Waals surface area contributed by atoms with Gasteiger partial charge in [0, 0.05) is 12.0 Å². The molecule has 1 aromatic rings. The second-order valence-electron chi connectivity index (χ2n) is 3.96. The number of carbonyl (C=O) groups is 2. The summed E-state index contributed by atoms with van der Waals surface area (Å²) < 4.78 is 37.3. The smallest absolute Gasteiger partial charge is 0.326 e. The van der Waals surface area contributed by atoms with E-state index in [1.54, 1.807) is 0 Å². The van der Waals surface area contributed by atoms with Gasteiger partial charge in [0.25, 0.3) is 5.91 Å². The Morgan fingerprint density at radius 2 is 2.00 bits per heavy atom. The van der Waals surface area contributed by atoms with Gasteiger partial charge in [-0.1, -0.05) is 0 Å². The molecule has 1 atom stereocenters. The second-order valence-corrected chi connectivity index (χ2v) is 3.96. The van der Waals surface area contributed by atoms with Gasteiger partial charge in [0.1, 0.15) is 11.9 Å². The summed E-state index contributed by atoms with van der Waals surface area (Å²) >= 11 is 0. The second kappa shape index (κ2) is 6.21. The molecule has 0 bridgehead atoms. The Hall–Kier alpha value is -2.05. The lowest BCUT2D eigenvalue weighted by atomic mass is 10.1. The van der Waals surface area contributed by atoms with E-state index in [9.17, 15) is 22.8 Å². The molecule has 19 heavy (non-hydrogen) atoms. The van der Waals surface area contributed by atoms with Crippen LogP contribution in [0, 0.1) is 12.7 Å². The highest BCUT2D eigenvalue weighted by Gasteiger charge is 2.24. The molecule has 0 aliphatic carbocycles. The van der Waals surface area contributed by atoms with E-state index in [1.807, 2.05) is 5.32 Å². The number of benzene rings is 1. The number of carboxylic acids is 1. The third kappa shape index (κ3) is 4.27. The molecule has 0 aliphatic heterocycles. The lowest BCUT2D eigenvalue weighted by Crippen LogP contribution is -2.42. The molecule has 0 radical (unpaired) electrons. The van der Waals surface area contributed by atoms with Crippen molar-refractivity contribution in [2.45, 2.75) is 25.8 Å². The first-order valence-electron chi connectivity index (χ1n) is 5.39. The van der Waals surface area contributed by atoms with E-state index in [0.717, 1.165) is 12.1 Å². The molecule has 104 valence electrons. The summed E-state index contributed by atoms with van der Waals surface area (Å²) in [6, 6.07) is 1.73.